The molecule has 2 aromatic rings. The molecule has 11 nitrogen and oxygen atoms in total. The molecule has 3 atom stereocenters. The molecule has 1 N–H and O–H groups in total. The number of morpholine rings is 2. The van der Waals surface area contributed by atoms with Crippen LogP contribution in [0.4, 0.5) is 0 Å². The fourth-order valence-electron chi connectivity index (χ4n) is 6.36. The second kappa shape index (κ2) is 10.9. The number of carbonyl (C=O) groups is 1. The third kappa shape index (κ3) is 5.38. The number of piperidine rings is 1. The van der Waals surface area contributed by atoms with Crippen molar-refractivity contribution in [2.75, 3.05) is 65.6 Å². The van der Waals surface area contributed by atoms with Crippen molar-refractivity contribution < 1.29 is 27.8 Å². The number of aliphatic hydroxyl groups is 1. The molecular weight excluding hydrogens is 522 g/mol. The summed E-state index contributed by atoms with van der Waals surface area (Å²) in [5.74, 6) is -0.450. The Morgan fingerprint density at radius 1 is 1.08 bits per heavy atom. The van der Waals surface area contributed by atoms with E-state index < -0.39 is 16.1 Å². The maximum Gasteiger partial charge on any atom is 0.274 e. The molecule has 3 fully saturated rings. The first-order valence-corrected chi connectivity index (χ1v) is 15.5. The molecule has 12 heteroatoms. The molecule has 1 aromatic heterocycles. The number of carbonyl (C=O) groups excluding carboxylic acids is 1. The molecule has 39 heavy (non-hydrogen) atoms. The van der Waals surface area contributed by atoms with E-state index in [1.807, 2.05) is 23.7 Å². The fourth-order valence-corrected chi connectivity index (χ4v) is 7.95. The van der Waals surface area contributed by atoms with Gasteiger partial charge in [-0.3, -0.25) is 19.3 Å². The number of fused-ring (bicyclic) bond motifs is 3. The molecule has 1 amide bonds. The van der Waals surface area contributed by atoms with Gasteiger partial charge in [0.15, 0.2) is 21.8 Å². The van der Waals surface area contributed by atoms with Crippen LogP contribution in [0.1, 0.15) is 41.9 Å². The Kier molecular flexibility index (Phi) is 7.51. The molecule has 0 saturated carbocycles. The summed E-state index contributed by atoms with van der Waals surface area (Å²) in [5.41, 5.74) is 2.15. The second-order valence-electron chi connectivity index (χ2n) is 11.0. The highest BCUT2D eigenvalue weighted by atomic mass is 32.2. The minimum Gasteiger partial charge on any atom is -0.378 e. The largest absolute Gasteiger partial charge is 0.378 e. The Morgan fingerprint density at radius 2 is 1.85 bits per heavy atom. The first kappa shape index (κ1) is 26.9. The number of likely N-dealkylation sites (tertiary alicyclic amines) is 1. The number of sulfone groups is 1. The van der Waals surface area contributed by atoms with Gasteiger partial charge in [0, 0.05) is 56.9 Å². The molecule has 6 rings (SSSR count). The van der Waals surface area contributed by atoms with Gasteiger partial charge in [0.25, 0.3) is 5.91 Å². The highest BCUT2D eigenvalue weighted by Crippen LogP contribution is 2.41. The van der Waals surface area contributed by atoms with Crippen molar-refractivity contribution in [2.45, 2.75) is 48.8 Å². The summed E-state index contributed by atoms with van der Waals surface area (Å²) in [5, 5.41) is 14.9. The number of hydrogen-bond acceptors (Lipinski definition) is 9. The van der Waals surface area contributed by atoms with E-state index in [0.29, 0.717) is 48.9 Å². The van der Waals surface area contributed by atoms with E-state index in [1.54, 1.807) is 17.0 Å². The Labute approximate surface area is 229 Å². The number of rotatable bonds is 5. The molecule has 1 unspecified atom stereocenters. The summed E-state index contributed by atoms with van der Waals surface area (Å²) in [4.78, 5) is 20.3. The molecule has 1 aromatic carbocycles. The summed E-state index contributed by atoms with van der Waals surface area (Å²) < 4.78 is 39.4. The van der Waals surface area contributed by atoms with E-state index >= 15 is 0 Å². The Hall–Kier alpha value is -2.35. The van der Waals surface area contributed by atoms with Crippen molar-refractivity contribution in [3.8, 4) is 11.3 Å². The Morgan fingerprint density at radius 3 is 2.64 bits per heavy atom. The quantitative estimate of drug-likeness (QED) is 0.572. The predicted molar refractivity (Wildman–Crippen MR) is 143 cm³/mol. The van der Waals surface area contributed by atoms with Crippen molar-refractivity contribution in [3.63, 3.8) is 0 Å². The molecule has 212 valence electrons. The lowest BCUT2D eigenvalue weighted by Crippen LogP contribution is -2.49. The monoisotopic (exact) mass is 559 g/mol. The van der Waals surface area contributed by atoms with Crippen molar-refractivity contribution in [1.29, 1.82) is 0 Å². The van der Waals surface area contributed by atoms with Crippen LogP contribution in [0, 0.1) is 0 Å². The number of aromatic nitrogens is 2. The fraction of sp³-hybridized carbons (Fsp3) is 0.630. The van der Waals surface area contributed by atoms with Crippen LogP contribution in [-0.4, -0.2) is 122 Å². The summed E-state index contributed by atoms with van der Waals surface area (Å²) >= 11 is 0. The van der Waals surface area contributed by atoms with Gasteiger partial charge >= 0.3 is 0 Å². The van der Waals surface area contributed by atoms with Crippen LogP contribution in [-0.2, 0) is 25.1 Å². The van der Waals surface area contributed by atoms with Gasteiger partial charge in [0.05, 0.1) is 41.7 Å². The Bertz CT molecular complexity index is 1310. The first-order chi connectivity index (χ1) is 18.8. The van der Waals surface area contributed by atoms with Crippen LogP contribution in [0.2, 0.25) is 0 Å². The van der Waals surface area contributed by atoms with Gasteiger partial charge in [0.1, 0.15) is 0 Å². The third-order valence-corrected chi connectivity index (χ3v) is 9.89. The predicted octanol–water partition coefficient (Wildman–Crippen LogP) is 0.986. The average Bonchev–Trinajstić information content (AvgIpc) is 3.30. The summed E-state index contributed by atoms with van der Waals surface area (Å²) in [6, 6.07) is 7.08. The maximum absolute atomic E-state index is 13.6. The Balaban J connectivity index is 1.30. The van der Waals surface area contributed by atoms with Crippen LogP contribution >= 0.6 is 0 Å². The number of benzene rings is 1. The van der Waals surface area contributed by atoms with Crippen LogP contribution in [0.15, 0.2) is 29.2 Å². The molecule has 0 spiro atoms. The number of amides is 1. The highest BCUT2D eigenvalue weighted by Gasteiger charge is 2.39. The molecule has 5 heterocycles. The zero-order valence-corrected chi connectivity index (χ0v) is 23.2. The van der Waals surface area contributed by atoms with Crippen molar-refractivity contribution in [1.82, 2.24) is 24.5 Å². The van der Waals surface area contributed by atoms with Gasteiger partial charge in [0.2, 0.25) is 0 Å². The number of β-amino-alcohol motifs (C(OH)–C–C–N with tert-alkyl or cyclic N) is 1. The van der Waals surface area contributed by atoms with Gasteiger partial charge in [-0.1, -0.05) is 18.2 Å². The molecular formula is C27H37N5O6S. The molecule has 4 aliphatic heterocycles. The van der Waals surface area contributed by atoms with Crippen molar-refractivity contribution in [2.24, 2.45) is 0 Å². The average molecular weight is 560 g/mol. The van der Waals surface area contributed by atoms with Crippen molar-refractivity contribution in [3.05, 3.63) is 35.5 Å². The number of hydrogen-bond donors (Lipinski definition) is 1. The van der Waals surface area contributed by atoms with Gasteiger partial charge in [-0.25, -0.2) is 8.42 Å². The first-order valence-electron chi connectivity index (χ1n) is 13.9. The van der Waals surface area contributed by atoms with Gasteiger partial charge in [-0.2, -0.15) is 5.10 Å². The van der Waals surface area contributed by atoms with Gasteiger partial charge in [-0.05, 0) is 32.4 Å². The normalized spacial score (nSPS) is 27.6. The number of ether oxygens (including phenoxy) is 2. The molecule has 3 saturated heterocycles. The van der Waals surface area contributed by atoms with E-state index in [2.05, 4.69) is 9.80 Å². The summed E-state index contributed by atoms with van der Waals surface area (Å²) in [6.07, 6.45) is 1.13. The van der Waals surface area contributed by atoms with Crippen LogP contribution in [0.3, 0.4) is 0 Å². The van der Waals surface area contributed by atoms with Crippen LogP contribution in [0.5, 0.6) is 0 Å². The zero-order chi connectivity index (χ0) is 27.1. The minimum absolute atomic E-state index is 0.00257. The van der Waals surface area contributed by atoms with E-state index in [0.717, 1.165) is 51.3 Å². The van der Waals surface area contributed by atoms with E-state index in [1.165, 1.54) is 0 Å². The van der Waals surface area contributed by atoms with Gasteiger partial charge in [-0.15, -0.1) is 0 Å². The van der Waals surface area contributed by atoms with E-state index in [4.69, 9.17) is 14.6 Å². The molecule has 0 radical (unpaired) electrons. The third-order valence-electron chi connectivity index (χ3n) is 8.20. The minimum atomic E-state index is -3.60. The highest BCUT2D eigenvalue weighted by molar-refractivity contribution is 7.90. The molecule has 0 bridgehead atoms. The molecule has 4 aliphatic rings. The topological polar surface area (TPSA) is 117 Å². The smallest absolute Gasteiger partial charge is 0.274 e. The summed E-state index contributed by atoms with van der Waals surface area (Å²) in [6.45, 7) is 8.54. The van der Waals surface area contributed by atoms with Crippen LogP contribution in [0.25, 0.3) is 11.3 Å². The van der Waals surface area contributed by atoms with Gasteiger partial charge < -0.3 is 19.5 Å². The summed E-state index contributed by atoms with van der Waals surface area (Å²) in [7, 11) is -3.60. The second-order valence-corrected chi connectivity index (χ2v) is 13.0. The van der Waals surface area contributed by atoms with Crippen LogP contribution < -0.4 is 0 Å². The van der Waals surface area contributed by atoms with E-state index in [-0.39, 0.29) is 29.5 Å². The van der Waals surface area contributed by atoms with Crippen molar-refractivity contribution >= 4 is 15.7 Å². The SMILES string of the molecule is C[C@H]1CN(CCN2CCC[C@H](n3nc(C(=O)N4CCOCC4)c4c3-c3ccccc3S(=O)(=O)C4)C2)CC(O)O1. The zero-order valence-electron chi connectivity index (χ0n) is 22.4. The van der Waals surface area contributed by atoms with E-state index in [9.17, 15) is 18.3 Å². The molecule has 0 aliphatic carbocycles. The lowest BCUT2D eigenvalue weighted by Gasteiger charge is -2.38. The lowest BCUT2D eigenvalue weighted by molar-refractivity contribution is -0.178. The standard InChI is InChI=1S/C27H37N5O6S/c1-19-15-30(17-24(33)38-19)10-9-29-8-4-5-20(16-29)32-26-21-6-2-3-7-23(21)39(35,36)18-22(26)25(28-32)27(34)31-11-13-37-14-12-31/h2-3,6-7,19-20,24,33H,4-5,8-18H2,1H3/t19-,20-,24?/m0/s1. The lowest BCUT2D eigenvalue weighted by atomic mass is 10.0. The maximum atomic E-state index is 13.6. The number of aliphatic hydroxyl groups excluding tert-OH is 1. The number of nitrogens with zero attached hydrogens (tertiary/aromatic N) is 5.